The van der Waals surface area contributed by atoms with Crippen LogP contribution in [0.4, 0.5) is 13.2 Å². The molecule has 0 saturated heterocycles. The lowest BCUT2D eigenvalue weighted by molar-refractivity contribution is -0.274. The van der Waals surface area contributed by atoms with E-state index in [0.717, 1.165) is 6.54 Å². The zero-order chi connectivity index (χ0) is 15.2. The van der Waals surface area contributed by atoms with E-state index in [1.165, 1.54) is 24.3 Å². The Morgan fingerprint density at radius 3 is 2.05 bits per heavy atom. The lowest BCUT2D eigenvalue weighted by Crippen LogP contribution is -2.31. The standard InChI is InChI=1S/C14H20F3NO2/c1-10(2)8-18-9-11(3)19-12-4-6-13(7-5-12)20-14(15,16)17/h4-7,10-11,18H,8-9H2,1-3H3. The highest BCUT2D eigenvalue weighted by molar-refractivity contribution is 5.31. The molecule has 1 N–H and O–H groups in total. The molecule has 0 fully saturated rings. The molecular formula is C14H20F3NO2. The topological polar surface area (TPSA) is 30.5 Å². The Morgan fingerprint density at radius 2 is 1.55 bits per heavy atom. The van der Waals surface area contributed by atoms with E-state index in [9.17, 15) is 13.2 Å². The van der Waals surface area contributed by atoms with E-state index in [1.54, 1.807) is 0 Å². The van der Waals surface area contributed by atoms with Crippen molar-refractivity contribution in [1.82, 2.24) is 5.32 Å². The fraction of sp³-hybridized carbons (Fsp3) is 0.571. The predicted molar refractivity (Wildman–Crippen MR) is 70.9 cm³/mol. The molecule has 0 radical (unpaired) electrons. The van der Waals surface area contributed by atoms with Gasteiger partial charge in [-0.15, -0.1) is 13.2 Å². The van der Waals surface area contributed by atoms with Crippen LogP contribution in [0.25, 0.3) is 0 Å². The van der Waals surface area contributed by atoms with E-state index in [-0.39, 0.29) is 11.9 Å². The summed E-state index contributed by atoms with van der Waals surface area (Å²) in [6, 6.07) is 5.38. The average molecular weight is 291 g/mol. The molecule has 20 heavy (non-hydrogen) atoms. The van der Waals surface area contributed by atoms with Gasteiger partial charge in [-0.2, -0.15) is 0 Å². The van der Waals surface area contributed by atoms with E-state index < -0.39 is 6.36 Å². The van der Waals surface area contributed by atoms with Gasteiger partial charge in [0.05, 0.1) is 0 Å². The first-order valence-corrected chi connectivity index (χ1v) is 6.49. The molecule has 0 saturated carbocycles. The highest BCUT2D eigenvalue weighted by Crippen LogP contribution is 2.24. The van der Waals surface area contributed by atoms with Crippen LogP contribution in [0, 0.1) is 5.92 Å². The van der Waals surface area contributed by atoms with Crippen molar-refractivity contribution in [3.8, 4) is 11.5 Å². The predicted octanol–water partition coefficient (Wildman–Crippen LogP) is 3.60. The lowest BCUT2D eigenvalue weighted by Gasteiger charge is -2.16. The molecule has 0 amide bonds. The van der Waals surface area contributed by atoms with Gasteiger partial charge in [0.1, 0.15) is 17.6 Å². The van der Waals surface area contributed by atoms with Crippen molar-refractivity contribution in [2.45, 2.75) is 33.2 Å². The third kappa shape index (κ3) is 7.23. The van der Waals surface area contributed by atoms with Crippen LogP contribution in [0.3, 0.4) is 0 Å². The Labute approximate surface area is 117 Å². The second-order valence-electron chi connectivity index (χ2n) is 5.00. The molecule has 1 aromatic carbocycles. The van der Waals surface area contributed by atoms with Crippen LogP contribution < -0.4 is 14.8 Å². The van der Waals surface area contributed by atoms with Gasteiger partial charge in [0.15, 0.2) is 0 Å². The fourth-order valence-corrected chi connectivity index (χ4v) is 1.57. The number of benzene rings is 1. The first-order chi connectivity index (χ1) is 9.26. The van der Waals surface area contributed by atoms with Crippen molar-refractivity contribution in [2.24, 2.45) is 5.92 Å². The van der Waals surface area contributed by atoms with Crippen molar-refractivity contribution in [2.75, 3.05) is 13.1 Å². The monoisotopic (exact) mass is 291 g/mol. The maximum atomic E-state index is 12.0. The van der Waals surface area contributed by atoms with E-state index >= 15 is 0 Å². The summed E-state index contributed by atoms with van der Waals surface area (Å²) in [5.74, 6) is 0.815. The molecule has 1 unspecified atom stereocenters. The minimum atomic E-state index is -4.67. The van der Waals surface area contributed by atoms with Crippen LogP contribution in [0.15, 0.2) is 24.3 Å². The van der Waals surface area contributed by atoms with Crippen LogP contribution in [0.5, 0.6) is 11.5 Å². The summed E-state index contributed by atoms with van der Waals surface area (Å²) in [4.78, 5) is 0. The van der Waals surface area contributed by atoms with Gasteiger partial charge in [0.2, 0.25) is 0 Å². The summed E-state index contributed by atoms with van der Waals surface area (Å²) in [6.07, 6.45) is -4.74. The molecule has 1 atom stereocenters. The van der Waals surface area contributed by atoms with Gasteiger partial charge in [0.25, 0.3) is 0 Å². The Kier molecular flexibility index (Phi) is 6.13. The number of hydrogen-bond donors (Lipinski definition) is 1. The molecule has 6 heteroatoms. The zero-order valence-corrected chi connectivity index (χ0v) is 11.8. The van der Waals surface area contributed by atoms with Crippen LogP contribution in [-0.4, -0.2) is 25.6 Å². The maximum Gasteiger partial charge on any atom is 0.573 e. The Hall–Kier alpha value is -1.43. The molecule has 0 aromatic heterocycles. The fourth-order valence-electron chi connectivity index (χ4n) is 1.57. The molecule has 0 aliphatic rings. The van der Waals surface area contributed by atoms with Crippen molar-refractivity contribution in [1.29, 1.82) is 0 Å². The number of hydrogen-bond acceptors (Lipinski definition) is 3. The van der Waals surface area contributed by atoms with Gasteiger partial charge in [-0.25, -0.2) is 0 Å². The number of alkyl halides is 3. The molecule has 0 aliphatic carbocycles. The van der Waals surface area contributed by atoms with Gasteiger partial charge in [0, 0.05) is 6.54 Å². The molecule has 3 nitrogen and oxygen atoms in total. The Morgan fingerprint density at radius 1 is 1.00 bits per heavy atom. The Bertz CT molecular complexity index is 390. The van der Waals surface area contributed by atoms with E-state index in [1.807, 2.05) is 6.92 Å². The van der Waals surface area contributed by atoms with Crippen LogP contribution >= 0.6 is 0 Å². The van der Waals surface area contributed by atoms with Crippen LogP contribution in [0.1, 0.15) is 20.8 Å². The molecule has 0 aliphatic heterocycles. The van der Waals surface area contributed by atoms with Gasteiger partial charge in [-0.3, -0.25) is 0 Å². The van der Waals surface area contributed by atoms with Crippen molar-refractivity contribution >= 4 is 0 Å². The second kappa shape index (κ2) is 7.38. The summed E-state index contributed by atoms with van der Waals surface area (Å²) in [5, 5.41) is 3.25. The van der Waals surface area contributed by atoms with Crippen molar-refractivity contribution in [3.63, 3.8) is 0 Å². The second-order valence-corrected chi connectivity index (χ2v) is 5.00. The van der Waals surface area contributed by atoms with Gasteiger partial charge in [-0.1, -0.05) is 13.8 Å². The van der Waals surface area contributed by atoms with E-state index in [0.29, 0.717) is 18.2 Å². The van der Waals surface area contributed by atoms with Gasteiger partial charge >= 0.3 is 6.36 Å². The number of halogens is 3. The smallest absolute Gasteiger partial charge is 0.489 e. The van der Waals surface area contributed by atoms with Gasteiger partial charge < -0.3 is 14.8 Å². The van der Waals surface area contributed by atoms with Crippen molar-refractivity contribution in [3.05, 3.63) is 24.3 Å². The third-order valence-corrected chi connectivity index (χ3v) is 2.38. The molecule has 1 aromatic rings. The number of nitrogens with one attached hydrogen (secondary N) is 1. The highest BCUT2D eigenvalue weighted by Gasteiger charge is 2.30. The number of rotatable bonds is 7. The first kappa shape index (κ1) is 16.6. The average Bonchev–Trinajstić information content (AvgIpc) is 2.29. The minimum Gasteiger partial charge on any atom is -0.489 e. The molecule has 0 bridgehead atoms. The minimum absolute atomic E-state index is 0.0665. The molecule has 1 rings (SSSR count). The van der Waals surface area contributed by atoms with Crippen molar-refractivity contribution < 1.29 is 22.6 Å². The molecular weight excluding hydrogens is 271 g/mol. The van der Waals surface area contributed by atoms with Crippen LogP contribution in [-0.2, 0) is 0 Å². The summed E-state index contributed by atoms with van der Waals surface area (Å²) < 4.78 is 45.4. The zero-order valence-electron chi connectivity index (χ0n) is 11.8. The molecule has 0 spiro atoms. The van der Waals surface area contributed by atoms with Gasteiger partial charge in [-0.05, 0) is 43.7 Å². The normalized spacial score (nSPS) is 13.3. The molecule has 114 valence electrons. The summed E-state index contributed by atoms with van der Waals surface area (Å²) in [6.45, 7) is 7.69. The van der Waals surface area contributed by atoms with E-state index in [4.69, 9.17) is 4.74 Å². The van der Waals surface area contributed by atoms with Crippen LogP contribution in [0.2, 0.25) is 0 Å². The largest absolute Gasteiger partial charge is 0.573 e. The van der Waals surface area contributed by atoms with E-state index in [2.05, 4.69) is 23.9 Å². The summed E-state index contributed by atoms with van der Waals surface area (Å²) in [7, 11) is 0. The summed E-state index contributed by atoms with van der Waals surface area (Å²) >= 11 is 0. The number of ether oxygens (including phenoxy) is 2. The maximum absolute atomic E-state index is 12.0. The first-order valence-electron chi connectivity index (χ1n) is 6.49. The highest BCUT2D eigenvalue weighted by atomic mass is 19.4. The molecule has 0 heterocycles. The summed E-state index contributed by atoms with van der Waals surface area (Å²) in [5.41, 5.74) is 0. The SMILES string of the molecule is CC(C)CNCC(C)Oc1ccc(OC(F)(F)F)cc1. The lowest BCUT2D eigenvalue weighted by atomic mass is 10.2. The third-order valence-electron chi connectivity index (χ3n) is 2.38. The Balaban J connectivity index is 2.41. The quantitative estimate of drug-likeness (QED) is 0.832.